The van der Waals surface area contributed by atoms with Crippen molar-refractivity contribution in [1.29, 1.82) is 0 Å². The van der Waals surface area contributed by atoms with Gasteiger partial charge < -0.3 is 19.4 Å². The molecule has 1 spiro atoms. The van der Waals surface area contributed by atoms with E-state index in [0.29, 0.717) is 74.0 Å². The molecule has 0 bridgehead atoms. The molecule has 208 valence electrons. The molecule has 3 aliphatic rings. The smallest absolute Gasteiger partial charge is 0.416 e. The Morgan fingerprint density at radius 3 is 2.31 bits per heavy atom. The third-order valence-corrected chi connectivity index (χ3v) is 8.29. The molecule has 39 heavy (non-hydrogen) atoms. The molecule has 6 nitrogen and oxygen atoms in total. The molecule has 3 heterocycles. The number of anilines is 1. The molecule has 2 saturated heterocycles. The Bertz CT molecular complexity index is 1260. The molecular weight excluding hydrogens is 531 g/mol. The van der Waals surface area contributed by atoms with Crippen LogP contribution >= 0.6 is 11.6 Å². The highest BCUT2D eigenvalue weighted by Gasteiger charge is 2.51. The highest BCUT2D eigenvalue weighted by molar-refractivity contribution is 6.30. The van der Waals surface area contributed by atoms with E-state index in [1.54, 1.807) is 17.9 Å². The minimum Gasteiger partial charge on any atom is -0.450 e. The van der Waals surface area contributed by atoms with E-state index in [9.17, 15) is 22.8 Å². The van der Waals surface area contributed by atoms with Gasteiger partial charge in [-0.25, -0.2) is 4.79 Å². The summed E-state index contributed by atoms with van der Waals surface area (Å²) in [5.74, 6) is -0.660. The maximum Gasteiger partial charge on any atom is 0.416 e. The standard InChI is InChI=1S/C29H31ClF3N3O3/c1-20-25(26(37)36-17-15-35(16-18-36)24-4-2-3-22(19-24)29(31,32)33)28(39-27(20)38)10-13-34(14-11-28)12-9-21-5-7-23(30)8-6-21/h2-8,19H,9-18H2,1H3. The van der Waals surface area contributed by atoms with Crippen LogP contribution in [0.1, 0.15) is 30.9 Å². The Morgan fingerprint density at radius 2 is 1.67 bits per heavy atom. The third-order valence-electron chi connectivity index (χ3n) is 8.04. The summed E-state index contributed by atoms with van der Waals surface area (Å²) in [6.45, 7) is 5.42. The van der Waals surface area contributed by atoms with Gasteiger partial charge in [-0.05, 0) is 49.2 Å². The molecule has 0 aliphatic carbocycles. The van der Waals surface area contributed by atoms with E-state index in [4.69, 9.17) is 16.3 Å². The number of carbonyl (C=O) groups is 2. The van der Waals surface area contributed by atoms with Crippen molar-refractivity contribution in [3.63, 3.8) is 0 Å². The van der Waals surface area contributed by atoms with E-state index < -0.39 is 23.3 Å². The van der Waals surface area contributed by atoms with Crippen molar-refractivity contribution in [3.05, 3.63) is 75.8 Å². The van der Waals surface area contributed by atoms with Crippen LogP contribution in [-0.4, -0.2) is 73.1 Å². The Morgan fingerprint density at radius 1 is 1.00 bits per heavy atom. The highest BCUT2D eigenvalue weighted by Crippen LogP contribution is 2.42. The monoisotopic (exact) mass is 561 g/mol. The first-order chi connectivity index (χ1) is 18.6. The third kappa shape index (κ3) is 5.79. The van der Waals surface area contributed by atoms with Crippen molar-refractivity contribution in [1.82, 2.24) is 9.80 Å². The highest BCUT2D eigenvalue weighted by atomic mass is 35.5. The lowest BCUT2D eigenvalue weighted by molar-refractivity contribution is -0.151. The zero-order valence-corrected chi connectivity index (χ0v) is 22.5. The van der Waals surface area contributed by atoms with Crippen LogP contribution in [0.25, 0.3) is 0 Å². The van der Waals surface area contributed by atoms with Crippen LogP contribution in [-0.2, 0) is 26.9 Å². The zero-order chi connectivity index (χ0) is 27.8. The van der Waals surface area contributed by atoms with Crippen LogP contribution in [0.5, 0.6) is 0 Å². The van der Waals surface area contributed by atoms with E-state index in [1.165, 1.54) is 11.6 Å². The maximum absolute atomic E-state index is 13.7. The second-order valence-corrected chi connectivity index (χ2v) is 10.9. The molecule has 3 aliphatic heterocycles. The van der Waals surface area contributed by atoms with Gasteiger partial charge in [0.15, 0.2) is 0 Å². The van der Waals surface area contributed by atoms with Gasteiger partial charge in [0.05, 0.1) is 11.1 Å². The average Bonchev–Trinajstić information content (AvgIpc) is 3.17. The van der Waals surface area contributed by atoms with Gasteiger partial charge in [-0.1, -0.05) is 29.8 Å². The Hall–Kier alpha value is -3.04. The van der Waals surface area contributed by atoms with Crippen molar-refractivity contribution in [2.24, 2.45) is 0 Å². The summed E-state index contributed by atoms with van der Waals surface area (Å²) in [6.07, 6.45) is -2.45. The van der Waals surface area contributed by atoms with Gasteiger partial charge in [-0.2, -0.15) is 13.2 Å². The van der Waals surface area contributed by atoms with E-state index in [1.807, 2.05) is 29.2 Å². The van der Waals surface area contributed by atoms with Gasteiger partial charge in [0.1, 0.15) is 5.60 Å². The minimum atomic E-state index is -4.41. The molecule has 10 heteroatoms. The van der Waals surface area contributed by atoms with Crippen molar-refractivity contribution in [2.45, 2.75) is 38.0 Å². The number of hydrogen-bond acceptors (Lipinski definition) is 5. The second-order valence-electron chi connectivity index (χ2n) is 10.4. The molecule has 0 radical (unpaired) electrons. The van der Waals surface area contributed by atoms with Crippen LogP contribution < -0.4 is 4.90 Å². The number of ether oxygens (including phenoxy) is 1. The van der Waals surface area contributed by atoms with Gasteiger partial charge >= 0.3 is 12.1 Å². The number of esters is 1. The average molecular weight is 562 g/mol. The van der Waals surface area contributed by atoms with E-state index >= 15 is 0 Å². The zero-order valence-electron chi connectivity index (χ0n) is 21.8. The van der Waals surface area contributed by atoms with Crippen LogP contribution in [0.4, 0.5) is 18.9 Å². The maximum atomic E-state index is 13.7. The predicted molar refractivity (Wildman–Crippen MR) is 143 cm³/mol. The number of carbonyl (C=O) groups excluding carboxylic acids is 2. The quantitative estimate of drug-likeness (QED) is 0.483. The molecule has 2 fully saturated rings. The number of hydrogen-bond donors (Lipinski definition) is 0. The molecule has 0 aromatic heterocycles. The molecule has 0 atom stereocenters. The lowest BCUT2D eigenvalue weighted by Gasteiger charge is -2.42. The lowest BCUT2D eigenvalue weighted by atomic mass is 9.82. The van der Waals surface area contributed by atoms with E-state index in [0.717, 1.165) is 25.1 Å². The molecule has 0 N–H and O–H groups in total. The molecule has 2 aromatic rings. The number of likely N-dealkylation sites (tertiary alicyclic amines) is 1. The lowest BCUT2D eigenvalue weighted by Crippen LogP contribution is -2.53. The molecule has 0 unspecified atom stereocenters. The van der Waals surface area contributed by atoms with Crippen LogP contribution in [0, 0.1) is 0 Å². The number of piperazine rings is 1. The Labute approximate surface area is 231 Å². The second kappa shape index (κ2) is 10.8. The van der Waals surface area contributed by atoms with Crippen molar-refractivity contribution >= 4 is 29.2 Å². The number of amides is 1. The van der Waals surface area contributed by atoms with Crippen LogP contribution in [0.3, 0.4) is 0 Å². The topological polar surface area (TPSA) is 53.1 Å². The fourth-order valence-corrected chi connectivity index (χ4v) is 5.86. The van der Waals surface area contributed by atoms with Gasteiger partial charge in [0, 0.05) is 74.9 Å². The first-order valence-electron chi connectivity index (χ1n) is 13.2. The molecule has 0 saturated carbocycles. The number of piperidine rings is 1. The summed E-state index contributed by atoms with van der Waals surface area (Å²) < 4.78 is 45.3. The first-order valence-corrected chi connectivity index (χ1v) is 13.6. The predicted octanol–water partition coefficient (Wildman–Crippen LogP) is 4.96. The van der Waals surface area contributed by atoms with Crippen molar-refractivity contribution < 1.29 is 27.5 Å². The van der Waals surface area contributed by atoms with Crippen molar-refractivity contribution in [2.75, 3.05) is 50.7 Å². The minimum absolute atomic E-state index is 0.211. The summed E-state index contributed by atoms with van der Waals surface area (Å²) in [5.41, 5.74) is 0.861. The first kappa shape index (κ1) is 27.5. The summed E-state index contributed by atoms with van der Waals surface area (Å²) in [6, 6.07) is 13.0. The molecular formula is C29H31ClF3N3O3. The van der Waals surface area contributed by atoms with E-state index in [-0.39, 0.29) is 5.91 Å². The number of nitrogens with zero attached hydrogens (tertiary/aromatic N) is 3. The fraction of sp³-hybridized carbons (Fsp3) is 0.448. The van der Waals surface area contributed by atoms with E-state index in [2.05, 4.69) is 4.90 Å². The Kier molecular flexibility index (Phi) is 7.66. The summed E-state index contributed by atoms with van der Waals surface area (Å²) in [7, 11) is 0. The SMILES string of the molecule is CC1=C(C(=O)N2CCN(c3cccc(C(F)(F)F)c3)CC2)C2(CCN(CCc3ccc(Cl)cc3)CC2)OC1=O. The Balaban J connectivity index is 1.21. The van der Waals surface area contributed by atoms with Gasteiger partial charge in [-0.15, -0.1) is 0 Å². The molecule has 5 rings (SSSR count). The van der Waals surface area contributed by atoms with Crippen LogP contribution in [0.15, 0.2) is 59.7 Å². The molecule has 2 aromatic carbocycles. The van der Waals surface area contributed by atoms with Crippen molar-refractivity contribution in [3.8, 4) is 0 Å². The van der Waals surface area contributed by atoms with Gasteiger partial charge in [-0.3, -0.25) is 4.79 Å². The van der Waals surface area contributed by atoms with Gasteiger partial charge in [0.2, 0.25) is 0 Å². The van der Waals surface area contributed by atoms with Gasteiger partial charge in [0.25, 0.3) is 5.91 Å². The van der Waals surface area contributed by atoms with Crippen LogP contribution in [0.2, 0.25) is 5.02 Å². The summed E-state index contributed by atoms with van der Waals surface area (Å²) in [4.78, 5) is 32.2. The fourth-order valence-electron chi connectivity index (χ4n) is 5.74. The summed E-state index contributed by atoms with van der Waals surface area (Å²) >= 11 is 5.98. The number of halogens is 4. The number of alkyl halides is 3. The molecule has 1 amide bonds. The number of rotatable bonds is 5. The largest absolute Gasteiger partial charge is 0.450 e. The summed E-state index contributed by atoms with van der Waals surface area (Å²) in [5, 5.41) is 0.707. The normalized spacial score (nSPS) is 20.1. The number of benzene rings is 2.